The van der Waals surface area contributed by atoms with E-state index in [4.69, 9.17) is 4.74 Å². The molecule has 0 atom stereocenters. The lowest BCUT2D eigenvalue weighted by Gasteiger charge is -2.11. The molecule has 140 valence electrons. The minimum absolute atomic E-state index is 0.517. The van der Waals surface area contributed by atoms with E-state index >= 15 is 0 Å². The number of methoxy groups -OCH3 is 1. The van der Waals surface area contributed by atoms with Gasteiger partial charge < -0.3 is 15.4 Å². The third kappa shape index (κ3) is 5.20. The highest BCUT2D eigenvalue weighted by molar-refractivity contribution is 5.56. The molecule has 3 aromatic rings. The number of rotatable bonds is 7. The summed E-state index contributed by atoms with van der Waals surface area (Å²) in [5.41, 5.74) is 4.35. The summed E-state index contributed by atoms with van der Waals surface area (Å²) in [5, 5.41) is 6.64. The van der Waals surface area contributed by atoms with Crippen molar-refractivity contribution in [2.45, 2.75) is 33.2 Å². The van der Waals surface area contributed by atoms with Crippen LogP contribution < -0.4 is 15.4 Å². The summed E-state index contributed by atoms with van der Waals surface area (Å²) in [4.78, 5) is 9.06. The molecule has 2 aromatic carbocycles. The quantitative estimate of drug-likeness (QED) is 0.599. The molecule has 27 heavy (non-hydrogen) atoms. The second kappa shape index (κ2) is 8.54. The number of ether oxygens (including phenoxy) is 1. The van der Waals surface area contributed by atoms with Crippen LogP contribution in [0.25, 0.3) is 0 Å². The van der Waals surface area contributed by atoms with Gasteiger partial charge in [-0.05, 0) is 48.2 Å². The molecule has 0 aliphatic heterocycles. The largest absolute Gasteiger partial charge is 0.497 e. The molecular formula is C22H26N4O. The lowest BCUT2D eigenvalue weighted by Crippen LogP contribution is -2.05. The van der Waals surface area contributed by atoms with Crippen molar-refractivity contribution >= 4 is 17.5 Å². The number of aryl methyl sites for hydroxylation is 1. The Bertz CT molecular complexity index is 874. The van der Waals surface area contributed by atoms with Crippen LogP contribution >= 0.6 is 0 Å². The maximum Gasteiger partial charge on any atom is 0.229 e. The fraction of sp³-hybridized carbons (Fsp3) is 0.273. The standard InChI is InChI=1S/C22H26N4O/c1-15(2)18-7-9-19(10-8-18)25-22-24-16(3)13-21(26-22)23-14-17-5-11-20(27-4)12-6-17/h5-13,15H,14H2,1-4H3,(H2,23,24,25,26). The van der Waals surface area contributed by atoms with Gasteiger partial charge in [-0.3, -0.25) is 0 Å². The van der Waals surface area contributed by atoms with Gasteiger partial charge in [0.15, 0.2) is 0 Å². The van der Waals surface area contributed by atoms with Gasteiger partial charge in [0.2, 0.25) is 5.95 Å². The molecule has 0 spiro atoms. The van der Waals surface area contributed by atoms with Crippen molar-refractivity contribution in [1.82, 2.24) is 9.97 Å². The SMILES string of the molecule is COc1ccc(CNc2cc(C)nc(Nc3ccc(C(C)C)cc3)n2)cc1. The van der Waals surface area contributed by atoms with Gasteiger partial charge >= 0.3 is 0 Å². The molecule has 0 saturated carbocycles. The average molecular weight is 362 g/mol. The molecule has 5 heteroatoms. The summed E-state index contributed by atoms with van der Waals surface area (Å²) in [6, 6.07) is 18.3. The van der Waals surface area contributed by atoms with Gasteiger partial charge in [0.25, 0.3) is 0 Å². The highest BCUT2D eigenvalue weighted by Crippen LogP contribution is 2.20. The monoisotopic (exact) mass is 362 g/mol. The first-order valence-electron chi connectivity index (χ1n) is 9.13. The highest BCUT2D eigenvalue weighted by Gasteiger charge is 2.05. The fourth-order valence-corrected chi connectivity index (χ4v) is 2.73. The molecule has 0 aliphatic rings. The Hall–Kier alpha value is -3.08. The molecule has 0 bridgehead atoms. The molecule has 1 aromatic heterocycles. The maximum atomic E-state index is 5.19. The Morgan fingerprint density at radius 2 is 1.67 bits per heavy atom. The van der Waals surface area contributed by atoms with E-state index < -0.39 is 0 Å². The van der Waals surface area contributed by atoms with Crippen molar-refractivity contribution in [2.24, 2.45) is 0 Å². The van der Waals surface area contributed by atoms with Crippen LogP contribution in [0.1, 0.15) is 36.6 Å². The molecule has 2 N–H and O–H groups in total. The number of hydrogen-bond donors (Lipinski definition) is 2. The van der Waals surface area contributed by atoms with Crippen molar-refractivity contribution in [3.63, 3.8) is 0 Å². The van der Waals surface area contributed by atoms with Gasteiger partial charge in [-0.15, -0.1) is 0 Å². The van der Waals surface area contributed by atoms with E-state index in [2.05, 4.69) is 58.7 Å². The van der Waals surface area contributed by atoms with Crippen LogP contribution in [0.4, 0.5) is 17.5 Å². The number of hydrogen-bond acceptors (Lipinski definition) is 5. The number of aromatic nitrogens is 2. The van der Waals surface area contributed by atoms with Crippen LogP contribution in [-0.2, 0) is 6.54 Å². The maximum absolute atomic E-state index is 5.19. The van der Waals surface area contributed by atoms with Gasteiger partial charge in [0, 0.05) is 24.0 Å². The fourth-order valence-electron chi connectivity index (χ4n) is 2.73. The number of nitrogens with one attached hydrogen (secondary N) is 2. The van der Waals surface area contributed by atoms with E-state index in [0.29, 0.717) is 18.4 Å². The minimum Gasteiger partial charge on any atom is -0.497 e. The van der Waals surface area contributed by atoms with E-state index in [1.165, 1.54) is 5.56 Å². The van der Waals surface area contributed by atoms with Crippen LogP contribution in [0.5, 0.6) is 5.75 Å². The van der Waals surface area contributed by atoms with Crippen molar-refractivity contribution in [1.29, 1.82) is 0 Å². The summed E-state index contributed by atoms with van der Waals surface area (Å²) in [7, 11) is 1.67. The van der Waals surface area contributed by atoms with Crippen molar-refractivity contribution in [3.8, 4) is 5.75 Å². The van der Waals surface area contributed by atoms with E-state index in [1.54, 1.807) is 7.11 Å². The van der Waals surface area contributed by atoms with Crippen molar-refractivity contribution in [2.75, 3.05) is 17.7 Å². The van der Waals surface area contributed by atoms with E-state index in [0.717, 1.165) is 28.5 Å². The van der Waals surface area contributed by atoms with Crippen molar-refractivity contribution < 1.29 is 4.74 Å². The number of nitrogens with zero attached hydrogens (tertiary/aromatic N) is 2. The zero-order valence-corrected chi connectivity index (χ0v) is 16.3. The molecule has 0 fully saturated rings. The van der Waals surface area contributed by atoms with E-state index in [1.807, 2.05) is 37.3 Å². The smallest absolute Gasteiger partial charge is 0.229 e. The lowest BCUT2D eigenvalue weighted by molar-refractivity contribution is 0.414. The van der Waals surface area contributed by atoms with Gasteiger partial charge in [0.05, 0.1) is 7.11 Å². The van der Waals surface area contributed by atoms with Crippen LogP contribution in [0, 0.1) is 6.92 Å². The van der Waals surface area contributed by atoms with Crippen molar-refractivity contribution in [3.05, 3.63) is 71.4 Å². The molecule has 0 radical (unpaired) electrons. The summed E-state index contributed by atoms with van der Waals surface area (Å²) in [6.07, 6.45) is 0. The van der Waals surface area contributed by atoms with E-state index in [9.17, 15) is 0 Å². The second-order valence-corrected chi connectivity index (χ2v) is 6.82. The lowest BCUT2D eigenvalue weighted by atomic mass is 10.0. The van der Waals surface area contributed by atoms with Gasteiger partial charge in [-0.2, -0.15) is 4.98 Å². The summed E-state index contributed by atoms with van der Waals surface area (Å²) in [5.74, 6) is 2.75. The second-order valence-electron chi connectivity index (χ2n) is 6.82. The third-order valence-corrected chi connectivity index (χ3v) is 4.32. The molecular weight excluding hydrogens is 336 g/mol. The zero-order chi connectivity index (χ0) is 19.2. The predicted molar refractivity (Wildman–Crippen MR) is 111 cm³/mol. The molecule has 0 amide bonds. The first-order valence-corrected chi connectivity index (χ1v) is 9.13. The van der Waals surface area contributed by atoms with Gasteiger partial charge in [0.1, 0.15) is 11.6 Å². The number of benzene rings is 2. The Balaban J connectivity index is 1.67. The molecule has 5 nitrogen and oxygen atoms in total. The molecule has 3 rings (SSSR count). The summed E-state index contributed by atoms with van der Waals surface area (Å²) >= 11 is 0. The van der Waals surface area contributed by atoms with Gasteiger partial charge in [-0.25, -0.2) is 4.98 Å². The zero-order valence-electron chi connectivity index (χ0n) is 16.3. The minimum atomic E-state index is 0.517. The Morgan fingerprint density at radius 3 is 2.30 bits per heavy atom. The Kier molecular flexibility index (Phi) is 5.91. The van der Waals surface area contributed by atoms with Crippen LogP contribution in [0.2, 0.25) is 0 Å². The summed E-state index contributed by atoms with van der Waals surface area (Å²) in [6.45, 7) is 7.02. The Labute approximate surface area is 160 Å². The molecule has 1 heterocycles. The molecule has 0 unspecified atom stereocenters. The average Bonchev–Trinajstić information content (AvgIpc) is 2.67. The summed E-state index contributed by atoms with van der Waals surface area (Å²) < 4.78 is 5.19. The number of anilines is 3. The van der Waals surface area contributed by atoms with E-state index in [-0.39, 0.29) is 0 Å². The molecule has 0 saturated heterocycles. The molecule has 0 aliphatic carbocycles. The van der Waals surface area contributed by atoms with Crippen LogP contribution in [0.3, 0.4) is 0 Å². The normalized spacial score (nSPS) is 10.7. The van der Waals surface area contributed by atoms with Crippen LogP contribution in [-0.4, -0.2) is 17.1 Å². The van der Waals surface area contributed by atoms with Crippen LogP contribution in [0.15, 0.2) is 54.6 Å². The first kappa shape index (κ1) is 18.7. The predicted octanol–water partition coefficient (Wildman–Crippen LogP) is 5.27. The van der Waals surface area contributed by atoms with Gasteiger partial charge in [-0.1, -0.05) is 38.1 Å². The first-order chi connectivity index (χ1) is 13.0. The highest BCUT2D eigenvalue weighted by atomic mass is 16.5. The Morgan fingerprint density at radius 1 is 0.963 bits per heavy atom. The topological polar surface area (TPSA) is 59.1 Å². The third-order valence-electron chi connectivity index (χ3n) is 4.32.